The highest BCUT2D eigenvalue weighted by Crippen LogP contribution is 2.21. The Hall–Kier alpha value is -2.53. The molecule has 0 aliphatic rings. The molecule has 2 aromatic rings. The molecule has 5 nitrogen and oxygen atoms in total. The molecule has 0 saturated heterocycles. The number of carbonyl (C=O) groups excluding carboxylic acids is 2. The van der Waals surface area contributed by atoms with Gasteiger partial charge in [-0.15, -0.1) is 0 Å². The highest BCUT2D eigenvalue weighted by atomic mass is 35.5. The maximum atomic E-state index is 12.2. The molecule has 0 aliphatic heterocycles. The van der Waals surface area contributed by atoms with Crippen LogP contribution in [0.5, 0.6) is 5.75 Å². The Balaban J connectivity index is 1.96. The van der Waals surface area contributed by atoms with Gasteiger partial charge in [0.25, 0.3) is 5.91 Å². The Kier molecular flexibility index (Phi) is 6.42. The Morgan fingerprint density at radius 2 is 1.92 bits per heavy atom. The Morgan fingerprint density at radius 1 is 1.20 bits per heavy atom. The highest BCUT2D eigenvalue weighted by Gasteiger charge is 2.19. The van der Waals surface area contributed by atoms with E-state index < -0.39 is 18.0 Å². The lowest BCUT2D eigenvalue weighted by molar-refractivity contribution is -0.152. The van der Waals surface area contributed by atoms with Crippen molar-refractivity contribution in [3.05, 3.63) is 58.6 Å². The van der Waals surface area contributed by atoms with Crippen LogP contribution in [0.25, 0.3) is 0 Å². The lowest BCUT2D eigenvalue weighted by Gasteiger charge is -2.15. The molecule has 0 fully saturated rings. The van der Waals surface area contributed by atoms with Crippen LogP contribution in [-0.2, 0) is 20.7 Å². The van der Waals surface area contributed by atoms with E-state index >= 15 is 0 Å². The second kappa shape index (κ2) is 8.53. The largest absolute Gasteiger partial charge is 0.496 e. The summed E-state index contributed by atoms with van der Waals surface area (Å²) in [4.78, 5) is 24.3. The van der Waals surface area contributed by atoms with Crippen LogP contribution in [0.4, 0.5) is 5.69 Å². The number of esters is 1. The quantitative estimate of drug-likeness (QED) is 0.795. The van der Waals surface area contributed by atoms with Gasteiger partial charge in [-0.2, -0.15) is 0 Å². The summed E-state index contributed by atoms with van der Waals surface area (Å²) in [5, 5.41) is 3.23. The first-order valence-electron chi connectivity index (χ1n) is 7.79. The molecule has 0 heterocycles. The van der Waals surface area contributed by atoms with E-state index in [1.807, 2.05) is 19.1 Å². The summed E-state index contributed by atoms with van der Waals surface area (Å²) in [6, 6.07) is 12.4. The topological polar surface area (TPSA) is 64.6 Å². The molecule has 25 heavy (non-hydrogen) atoms. The van der Waals surface area contributed by atoms with Gasteiger partial charge in [0.1, 0.15) is 5.75 Å². The number of nitrogens with one attached hydrogen (secondary N) is 1. The summed E-state index contributed by atoms with van der Waals surface area (Å²) in [7, 11) is 1.54. The molecule has 0 unspecified atom stereocenters. The van der Waals surface area contributed by atoms with Crippen LogP contribution in [0.15, 0.2) is 42.5 Å². The number of amides is 1. The van der Waals surface area contributed by atoms with Crippen LogP contribution < -0.4 is 10.1 Å². The van der Waals surface area contributed by atoms with E-state index in [0.717, 1.165) is 5.56 Å². The first-order valence-corrected chi connectivity index (χ1v) is 8.17. The number of halogens is 1. The molecule has 0 spiro atoms. The minimum Gasteiger partial charge on any atom is -0.496 e. The number of aryl methyl sites for hydroxylation is 1. The zero-order chi connectivity index (χ0) is 18.4. The average Bonchev–Trinajstić information content (AvgIpc) is 2.58. The molecule has 6 heteroatoms. The number of methoxy groups -OCH3 is 1. The third-order valence-corrected chi connectivity index (χ3v) is 3.90. The first-order chi connectivity index (χ1) is 11.9. The number of ether oxygens (including phenoxy) is 2. The van der Waals surface area contributed by atoms with Crippen LogP contribution in [0.2, 0.25) is 5.02 Å². The molecular formula is C19H20ClNO4. The number of carbonyl (C=O) groups is 2. The lowest BCUT2D eigenvalue weighted by atomic mass is 10.1. The third-order valence-electron chi connectivity index (χ3n) is 3.66. The summed E-state index contributed by atoms with van der Waals surface area (Å²) < 4.78 is 10.4. The first kappa shape index (κ1) is 18.8. The SMILES string of the molecule is COc1ccccc1CC(=O)O[C@H](C)C(=O)Nc1cc(Cl)ccc1C. The van der Waals surface area contributed by atoms with E-state index in [0.29, 0.717) is 22.0 Å². The van der Waals surface area contributed by atoms with Crippen LogP contribution in [0.3, 0.4) is 0 Å². The highest BCUT2D eigenvalue weighted by molar-refractivity contribution is 6.31. The Labute approximate surface area is 151 Å². The van der Waals surface area contributed by atoms with Gasteiger partial charge in [-0.25, -0.2) is 0 Å². The van der Waals surface area contributed by atoms with Crippen molar-refractivity contribution in [2.75, 3.05) is 12.4 Å². The molecule has 0 radical (unpaired) electrons. The Bertz CT molecular complexity index is 776. The molecule has 2 rings (SSSR count). The maximum Gasteiger partial charge on any atom is 0.311 e. The fraction of sp³-hybridized carbons (Fsp3) is 0.263. The smallest absolute Gasteiger partial charge is 0.311 e. The fourth-order valence-corrected chi connectivity index (χ4v) is 2.43. The van der Waals surface area contributed by atoms with Crippen molar-refractivity contribution >= 4 is 29.2 Å². The monoisotopic (exact) mass is 361 g/mol. The van der Waals surface area contributed by atoms with Gasteiger partial charge in [0.2, 0.25) is 0 Å². The number of hydrogen-bond donors (Lipinski definition) is 1. The second-order valence-electron chi connectivity index (χ2n) is 5.57. The molecule has 1 N–H and O–H groups in total. The van der Waals surface area contributed by atoms with Gasteiger partial charge in [0, 0.05) is 16.3 Å². The minimum atomic E-state index is -0.930. The number of para-hydroxylation sites is 1. The summed E-state index contributed by atoms with van der Waals surface area (Å²) >= 11 is 5.93. The van der Waals surface area contributed by atoms with Crippen LogP contribution in [0, 0.1) is 6.92 Å². The molecule has 2 aromatic carbocycles. The summed E-state index contributed by atoms with van der Waals surface area (Å²) in [5.41, 5.74) is 2.16. The van der Waals surface area contributed by atoms with Gasteiger partial charge < -0.3 is 14.8 Å². The fourth-order valence-electron chi connectivity index (χ4n) is 2.26. The number of rotatable bonds is 6. The van der Waals surface area contributed by atoms with Crippen molar-refractivity contribution in [3.63, 3.8) is 0 Å². The number of anilines is 1. The van der Waals surface area contributed by atoms with Crippen molar-refractivity contribution in [1.82, 2.24) is 0 Å². The van der Waals surface area contributed by atoms with Crippen LogP contribution in [-0.4, -0.2) is 25.1 Å². The van der Waals surface area contributed by atoms with E-state index in [-0.39, 0.29) is 6.42 Å². The summed E-state index contributed by atoms with van der Waals surface area (Å²) in [5.74, 6) is -0.320. The van der Waals surface area contributed by atoms with Crippen molar-refractivity contribution < 1.29 is 19.1 Å². The molecule has 0 bridgehead atoms. The van der Waals surface area contributed by atoms with Gasteiger partial charge >= 0.3 is 5.97 Å². The molecule has 1 atom stereocenters. The van der Waals surface area contributed by atoms with Crippen molar-refractivity contribution in [1.29, 1.82) is 0 Å². The summed E-state index contributed by atoms with van der Waals surface area (Å²) in [6.45, 7) is 3.37. The zero-order valence-corrected chi connectivity index (χ0v) is 15.1. The predicted octanol–water partition coefficient (Wildman–Crippen LogP) is 3.77. The van der Waals surface area contributed by atoms with Gasteiger partial charge in [-0.1, -0.05) is 35.9 Å². The Morgan fingerprint density at radius 3 is 2.64 bits per heavy atom. The van der Waals surface area contributed by atoms with Crippen molar-refractivity contribution in [2.24, 2.45) is 0 Å². The standard InChI is InChI=1S/C19H20ClNO4/c1-12-8-9-15(20)11-16(12)21-19(23)13(2)25-18(22)10-14-6-4-5-7-17(14)24-3/h4-9,11,13H,10H2,1-3H3,(H,21,23)/t13-/m1/s1. The lowest BCUT2D eigenvalue weighted by Crippen LogP contribution is -2.30. The van der Waals surface area contributed by atoms with Crippen molar-refractivity contribution in [3.8, 4) is 5.75 Å². The van der Waals surface area contributed by atoms with E-state index in [1.165, 1.54) is 14.0 Å². The minimum absolute atomic E-state index is 0.0256. The van der Waals surface area contributed by atoms with Gasteiger partial charge in [-0.3, -0.25) is 9.59 Å². The zero-order valence-electron chi connectivity index (χ0n) is 14.3. The van der Waals surface area contributed by atoms with E-state index in [1.54, 1.807) is 30.3 Å². The van der Waals surface area contributed by atoms with Crippen molar-refractivity contribution in [2.45, 2.75) is 26.4 Å². The summed E-state index contributed by atoms with van der Waals surface area (Å²) in [6.07, 6.45) is -0.904. The van der Waals surface area contributed by atoms with Gasteiger partial charge in [0.15, 0.2) is 6.10 Å². The van der Waals surface area contributed by atoms with Crippen LogP contribution in [0.1, 0.15) is 18.1 Å². The average molecular weight is 362 g/mol. The second-order valence-corrected chi connectivity index (χ2v) is 6.01. The van der Waals surface area contributed by atoms with E-state index in [9.17, 15) is 9.59 Å². The number of benzene rings is 2. The third kappa shape index (κ3) is 5.22. The molecule has 0 saturated carbocycles. The molecular weight excluding hydrogens is 342 g/mol. The van der Waals surface area contributed by atoms with Gasteiger partial charge in [0.05, 0.1) is 13.5 Å². The molecule has 0 aromatic heterocycles. The normalized spacial score (nSPS) is 11.5. The van der Waals surface area contributed by atoms with Crippen LogP contribution >= 0.6 is 11.6 Å². The number of hydrogen-bond acceptors (Lipinski definition) is 4. The van der Waals surface area contributed by atoms with E-state index in [4.69, 9.17) is 21.1 Å². The molecule has 132 valence electrons. The molecule has 1 amide bonds. The molecule has 0 aliphatic carbocycles. The van der Waals surface area contributed by atoms with E-state index in [2.05, 4.69) is 5.32 Å². The van der Waals surface area contributed by atoms with Gasteiger partial charge in [-0.05, 0) is 37.6 Å². The predicted molar refractivity (Wildman–Crippen MR) is 97.1 cm³/mol. The maximum absolute atomic E-state index is 12.2.